The number of aromatic nitrogens is 5. The van der Waals surface area contributed by atoms with E-state index in [1.165, 1.54) is 12.0 Å². The van der Waals surface area contributed by atoms with Gasteiger partial charge in [-0.3, -0.25) is 14.4 Å². The van der Waals surface area contributed by atoms with E-state index in [-0.39, 0.29) is 42.2 Å². The van der Waals surface area contributed by atoms with Gasteiger partial charge < -0.3 is 49.5 Å². The lowest BCUT2D eigenvalue weighted by molar-refractivity contribution is -0.139. The van der Waals surface area contributed by atoms with Crippen LogP contribution in [0, 0.1) is 17.3 Å². The molecule has 0 bridgehead atoms. The average Bonchev–Trinajstić information content (AvgIpc) is 4.14. The molecule has 4 aliphatic rings. The van der Waals surface area contributed by atoms with E-state index in [4.69, 9.17) is 14.5 Å². The molecule has 65 heavy (non-hydrogen) atoms. The van der Waals surface area contributed by atoms with E-state index in [1.54, 1.807) is 11.1 Å². The second-order valence-corrected chi connectivity index (χ2v) is 18.9. The molecule has 1 aliphatic carbocycles. The van der Waals surface area contributed by atoms with Gasteiger partial charge in [0.05, 0.1) is 61.8 Å². The fourth-order valence-electron chi connectivity index (χ4n) is 10.1. The zero-order chi connectivity index (χ0) is 45.7. The number of benzene rings is 2. The normalized spacial score (nSPS) is 21.0. The standard InChI is InChI=1S/C48H58FN9O7/c1-26(2)41(54-40(60)23-59)45(61)56-15-6-8-36(56)43-50-20-33(52-43)28-10-12-35-30(16-28)17-37-32-11-9-29(18-39(32)65-25-48(13-7-14-48)24-58(35)37)34-21-51-44(53-34)38-19-31(49)22-57(38)46(62)42(27(3)4)55-47(63)64-5/h9-12,16-18,20-21,26-27,31,36,38,41-42,59H,6-8,13-15,19,22-25H2,1-5H3,(H,50,52)(H,51,53)(H,54,60)(H,55,63)/t31-,36+,38?,41-,42-/m0/s1. The minimum atomic E-state index is -1.24. The van der Waals surface area contributed by atoms with Gasteiger partial charge in [-0.25, -0.2) is 19.2 Å². The summed E-state index contributed by atoms with van der Waals surface area (Å²) in [4.78, 5) is 71.2. The zero-order valence-electron chi connectivity index (χ0n) is 37.5. The molecule has 5 aromatic rings. The molecule has 5 N–H and O–H groups in total. The van der Waals surface area contributed by atoms with E-state index >= 15 is 4.39 Å². The number of rotatable bonds is 11. The van der Waals surface area contributed by atoms with Crippen molar-refractivity contribution in [2.24, 2.45) is 17.3 Å². The Labute approximate surface area is 376 Å². The highest BCUT2D eigenvalue weighted by Gasteiger charge is 2.43. The van der Waals surface area contributed by atoms with Crippen molar-refractivity contribution in [3.8, 4) is 39.5 Å². The molecule has 5 atom stereocenters. The van der Waals surface area contributed by atoms with E-state index in [0.29, 0.717) is 30.5 Å². The first kappa shape index (κ1) is 44.0. The Kier molecular flexibility index (Phi) is 11.9. The number of fused-ring (bicyclic) bond motifs is 5. The second kappa shape index (κ2) is 17.6. The van der Waals surface area contributed by atoms with Crippen molar-refractivity contribution in [3.05, 3.63) is 66.5 Å². The van der Waals surface area contributed by atoms with Crippen LogP contribution in [0.15, 0.2) is 54.9 Å². The lowest BCUT2D eigenvalue weighted by Crippen LogP contribution is -2.51. The SMILES string of the molecule is COC(=O)N[C@H](C(=O)N1C[C@@H](F)CC1c1ncc(-c2ccc3c(c2)OCC2(CCC2)Cn2c-3cc3cc(-c4cnc([C@H]5CCCN5C(=O)[C@@H](NC(=O)CO)C(C)C)[nH]4)ccc32)[nH]1)C(C)C. The van der Waals surface area contributed by atoms with Crippen molar-refractivity contribution in [2.45, 2.75) is 103 Å². The number of alkyl halides is 1. The van der Waals surface area contributed by atoms with Gasteiger partial charge in [-0.05, 0) is 67.9 Å². The summed E-state index contributed by atoms with van der Waals surface area (Å²) in [5.74, 6) is 0.338. The van der Waals surface area contributed by atoms with Crippen molar-refractivity contribution >= 4 is 34.7 Å². The highest BCUT2D eigenvalue weighted by atomic mass is 19.1. The van der Waals surface area contributed by atoms with E-state index in [9.17, 15) is 24.3 Å². The Morgan fingerprint density at radius 3 is 2.22 bits per heavy atom. The van der Waals surface area contributed by atoms with Crippen LogP contribution in [-0.4, -0.2) is 115 Å². The van der Waals surface area contributed by atoms with Gasteiger partial charge in [-0.15, -0.1) is 0 Å². The fourth-order valence-corrected chi connectivity index (χ4v) is 10.1. The summed E-state index contributed by atoms with van der Waals surface area (Å²) in [5.41, 5.74) is 6.44. The molecule has 2 aromatic carbocycles. The van der Waals surface area contributed by atoms with Gasteiger partial charge in [0.2, 0.25) is 17.7 Å². The molecule has 3 fully saturated rings. The smallest absolute Gasteiger partial charge is 0.407 e. The summed E-state index contributed by atoms with van der Waals surface area (Å²) >= 11 is 0. The van der Waals surface area contributed by atoms with Crippen molar-refractivity contribution in [3.63, 3.8) is 0 Å². The number of hydrogen-bond acceptors (Lipinski definition) is 9. The van der Waals surface area contributed by atoms with E-state index in [0.717, 1.165) is 83.4 Å². The first-order valence-electron chi connectivity index (χ1n) is 22.8. The fraction of sp³-hybridized carbons (Fsp3) is 0.500. The van der Waals surface area contributed by atoms with Crippen molar-refractivity contribution < 1.29 is 38.1 Å². The number of likely N-dealkylation sites (tertiary alicyclic amines) is 2. The third kappa shape index (κ3) is 8.34. The largest absolute Gasteiger partial charge is 0.492 e. The van der Waals surface area contributed by atoms with Gasteiger partial charge in [-0.1, -0.05) is 46.2 Å². The van der Waals surface area contributed by atoms with Gasteiger partial charge >= 0.3 is 6.09 Å². The van der Waals surface area contributed by atoms with Crippen molar-refractivity contribution in [1.29, 1.82) is 0 Å². The van der Waals surface area contributed by atoms with Crippen LogP contribution >= 0.6 is 0 Å². The molecular weight excluding hydrogens is 834 g/mol. The number of nitrogens with one attached hydrogen (secondary N) is 4. The number of nitrogens with zero attached hydrogens (tertiary/aromatic N) is 5. The number of H-pyrrole nitrogens is 2. The average molecular weight is 892 g/mol. The lowest BCUT2D eigenvalue weighted by Gasteiger charge is -2.43. The van der Waals surface area contributed by atoms with Gasteiger partial charge in [0, 0.05) is 52.5 Å². The minimum Gasteiger partial charge on any atom is -0.492 e. The highest BCUT2D eigenvalue weighted by Crippen LogP contribution is 2.48. The van der Waals surface area contributed by atoms with Crippen LogP contribution < -0.4 is 15.4 Å². The molecule has 3 aliphatic heterocycles. The summed E-state index contributed by atoms with van der Waals surface area (Å²) in [5, 5.41) is 15.7. The summed E-state index contributed by atoms with van der Waals surface area (Å²) in [7, 11) is 1.24. The number of aromatic amines is 2. The van der Waals surface area contributed by atoms with Crippen LogP contribution in [0.3, 0.4) is 0 Å². The van der Waals surface area contributed by atoms with Crippen LogP contribution in [0.4, 0.5) is 9.18 Å². The Hall–Kier alpha value is -6.23. The van der Waals surface area contributed by atoms with Gasteiger partial charge in [-0.2, -0.15) is 0 Å². The van der Waals surface area contributed by atoms with E-state index < -0.39 is 48.8 Å². The number of aliphatic hydroxyl groups excluding tert-OH is 1. The first-order valence-corrected chi connectivity index (χ1v) is 22.8. The van der Waals surface area contributed by atoms with Crippen molar-refractivity contribution in [2.75, 3.05) is 33.4 Å². The molecule has 1 spiro atoms. The number of alkyl carbamates (subject to hydrolysis) is 1. The van der Waals surface area contributed by atoms with Gasteiger partial charge in [0.1, 0.15) is 42.3 Å². The molecule has 4 amide bonds. The Bertz CT molecular complexity index is 2610. The van der Waals surface area contributed by atoms with Gasteiger partial charge in [0.25, 0.3) is 0 Å². The molecule has 17 heteroatoms. The van der Waals surface area contributed by atoms with E-state index in [1.807, 2.05) is 46.0 Å². The summed E-state index contributed by atoms with van der Waals surface area (Å²) in [6.07, 6.45) is 6.45. The number of halogens is 1. The van der Waals surface area contributed by atoms with Crippen LogP contribution in [0.25, 0.3) is 44.7 Å². The number of ether oxygens (including phenoxy) is 2. The molecule has 6 heterocycles. The number of methoxy groups -OCH3 is 1. The maximum absolute atomic E-state index is 15.0. The number of imidazole rings is 2. The Balaban J connectivity index is 0.991. The number of carbonyl (C=O) groups is 4. The predicted molar refractivity (Wildman–Crippen MR) is 240 cm³/mol. The van der Waals surface area contributed by atoms with Crippen LogP contribution in [0.1, 0.15) is 90.0 Å². The zero-order valence-corrected chi connectivity index (χ0v) is 37.5. The molecule has 0 radical (unpaired) electrons. The van der Waals surface area contributed by atoms with E-state index in [2.05, 4.69) is 60.5 Å². The maximum atomic E-state index is 15.0. The minimum absolute atomic E-state index is 0.00941. The molecule has 9 rings (SSSR count). The number of amides is 4. The summed E-state index contributed by atoms with van der Waals surface area (Å²) in [6.45, 7) is 8.56. The Morgan fingerprint density at radius 1 is 0.892 bits per heavy atom. The lowest BCUT2D eigenvalue weighted by atomic mass is 9.69. The molecule has 16 nitrogen and oxygen atoms in total. The molecular formula is C48H58FN9O7. The molecule has 1 unspecified atom stereocenters. The molecule has 344 valence electrons. The first-order chi connectivity index (χ1) is 31.3. The van der Waals surface area contributed by atoms with Crippen LogP contribution in [0.5, 0.6) is 5.75 Å². The van der Waals surface area contributed by atoms with Crippen molar-refractivity contribution in [1.82, 2.24) is 44.9 Å². The Morgan fingerprint density at radius 2 is 1.55 bits per heavy atom. The number of carbonyl (C=O) groups excluding carboxylic acids is 4. The third-order valence-electron chi connectivity index (χ3n) is 13.9. The second-order valence-electron chi connectivity index (χ2n) is 18.9. The summed E-state index contributed by atoms with van der Waals surface area (Å²) in [6, 6.07) is 12.2. The third-order valence-corrected chi connectivity index (χ3v) is 13.9. The molecule has 3 aromatic heterocycles. The van der Waals surface area contributed by atoms with Crippen LogP contribution in [0.2, 0.25) is 0 Å². The monoisotopic (exact) mass is 891 g/mol. The quantitative estimate of drug-likeness (QED) is 0.0991. The predicted octanol–water partition coefficient (Wildman–Crippen LogP) is 6.44. The van der Waals surface area contributed by atoms with Crippen LogP contribution in [-0.2, 0) is 25.7 Å². The molecule has 1 saturated carbocycles. The maximum Gasteiger partial charge on any atom is 0.407 e. The highest BCUT2D eigenvalue weighted by molar-refractivity contribution is 5.92. The number of aliphatic hydroxyl groups is 1. The summed E-state index contributed by atoms with van der Waals surface area (Å²) < 4.78 is 28.9. The van der Waals surface area contributed by atoms with Gasteiger partial charge in [0.15, 0.2) is 0 Å². The number of hydrogen-bond donors (Lipinski definition) is 5. The molecule has 2 saturated heterocycles. The topological polar surface area (TPSA) is 200 Å².